The van der Waals surface area contributed by atoms with Crippen molar-refractivity contribution in [1.29, 1.82) is 0 Å². The van der Waals surface area contributed by atoms with E-state index in [-0.39, 0.29) is 0 Å². The van der Waals surface area contributed by atoms with Gasteiger partial charge in [0, 0.05) is 13.1 Å². The first kappa shape index (κ1) is 13.0. The van der Waals surface area contributed by atoms with Crippen LogP contribution in [0, 0.1) is 0 Å². The number of alkyl halides is 1. The second-order valence-electron chi connectivity index (χ2n) is 4.86. The molecule has 0 saturated carbocycles. The number of hydrogen-bond acceptors (Lipinski definition) is 3. The summed E-state index contributed by atoms with van der Waals surface area (Å²) in [7, 11) is 2.09. The highest BCUT2D eigenvalue weighted by Gasteiger charge is 2.28. The Morgan fingerprint density at radius 2 is 2.06 bits per heavy atom. The van der Waals surface area contributed by atoms with Crippen molar-refractivity contribution < 1.29 is 4.39 Å². The van der Waals surface area contributed by atoms with Gasteiger partial charge in [-0.3, -0.25) is 4.90 Å². The van der Waals surface area contributed by atoms with Crippen LogP contribution < -0.4 is 4.90 Å². The average Bonchev–Trinajstić information content (AvgIpc) is 2.65. The summed E-state index contributed by atoms with van der Waals surface area (Å²) >= 11 is 0. The van der Waals surface area contributed by atoms with Gasteiger partial charge in [0.1, 0.15) is 12.0 Å². The summed E-state index contributed by atoms with van der Waals surface area (Å²) in [6.45, 7) is 8.15. The van der Waals surface area contributed by atoms with Crippen LogP contribution in [0.2, 0.25) is 0 Å². The molecule has 1 saturated heterocycles. The molecule has 3 nitrogen and oxygen atoms in total. The SMILES string of the molecule is C=CC.CN1Cc2ccc(N3CC(F)C3)nc2C1. The quantitative estimate of drug-likeness (QED) is 0.712. The third-order valence-corrected chi connectivity index (χ3v) is 3.07. The predicted octanol–water partition coefficient (Wildman–Crippen LogP) is 2.38. The molecule has 0 atom stereocenters. The molecule has 3 heterocycles. The fourth-order valence-corrected chi connectivity index (χ4v) is 2.19. The van der Waals surface area contributed by atoms with E-state index in [0.29, 0.717) is 13.1 Å². The van der Waals surface area contributed by atoms with Crippen LogP contribution in [0.15, 0.2) is 24.8 Å². The normalized spacial score (nSPS) is 18.7. The molecule has 18 heavy (non-hydrogen) atoms. The number of halogens is 1. The highest BCUT2D eigenvalue weighted by molar-refractivity contribution is 5.45. The smallest absolute Gasteiger partial charge is 0.135 e. The minimum atomic E-state index is -0.664. The van der Waals surface area contributed by atoms with Crippen molar-refractivity contribution in [3.05, 3.63) is 36.0 Å². The van der Waals surface area contributed by atoms with Crippen molar-refractivity contribution in [2.75, 3.05) is 25.0 Å². The average molecular weight is 249 g/mol. The molecular formula is C14H20FN3. The van der Waals surface area contributed by atoms with Crippen molar-refractivity contribution in [3.63, 3.8) is 0 Å². The van der Waals surface area contributed by atoms with Crippen LogP contribution in [-0.2, 0) is 13.1 Å². The van der Waals surface area contributed by atoms with E-state index in [1.165, 1.54) is 5.56 Å². The first-order chi connectivity index (χ1) is 8.63. The molecular weight excluding hydrogens is 229 g/mol. The van der Waals surface area contributed by atoms with Gasteiger partial charge in [-0.05, 0) is 25.6 Å². The maximum atomic E-state index is 12.7. The number of rotatable bonds is 1. The third-order valence-electron chi connectivity index (χ3n) is 3.07. The van der Waals surface area contributed by atoms with Crippen molar-refractivity contribution in [3.8, 4) is 0 Å². The first-order valence-electron chi connectivity index (χ1n) is 6.27. The van der Waals surface area contributed by atoms with E-state index >= 15 is 0 Å². The standard InChI is InChI=1S/C11H14FN3.C3H6/c1-14-4-8-2-3-11(13-10(8)7-14)15-5-9(12)6-15;1-3-2/h2-3,9H,4-7H2,1H3;3H,1H2,2H3. The van der Waals surface area contributed by atoms with Gasteiger partial charge in [-0.1, -0.05) is 12.1 Å². The molecule has 0 aliphatic carbocycles. The van der Waals surface area contributed by atoms with Gasteiger partial charge >= 0.3 is 0 Å². The van der Waals surface area contributed by atoms with E-state index in [2.05, 4.69) is 29.6 Å². The molecule has 2 aliphatic heterocycles. The van der Waals surface area contributed by atoms with Gasteiger partial charge in [0.15, 0.2) is 0 Å². The summed E-state index contributed by atoms with van der Waals surface area (Å²) in [5.74, 6) is 0.929. The van der Waals surface area contributed by atoms with Crippen LogP contribution in [-0.4, -0.2) is 36.2 Å². The van der Waals surface area contributed by atoms with Gasteiger partial charge < -0.3 is 4.90 Å². The van der Waals surface area contributed by atoms with E-state index in [0.717, 1.165) is 24.6 Å². The molecule has 1 fully saturated rings. The summed E-state index contributed by atoms with van der Waals surface area (Å²) in [5, 5.41) is 0. The molecule has 98 valence electrons. The van der Waals surface area contributed by atoms with Crippen molar-refractivity contribution in [2.24, 2.45) is 0 Å². The number of anilines is 1. The van der Waals surface area contributed by atoms with E-state index in [9.17, 15) is 4.39 Å². The lowest BCUT2D eigenvalue weighted by Crippen LogP contribution is -2.48. The minimum Gasteiger partial charge on any atom is -0.351 e. The van der Waals surface area contributed by atoms with Crippen molar-refractivity contribution in [2.45, 2.75) is 26.2 Å². The lowest BCUT2D eigenvalue weighted by molar-refractivity contribution is 0.273. The Balaban J connectivity index is 0.000000367. The minimum absolute atomic E-state index is 0.502. The van der Waals surface area contributed by atoms with Gasteiger partial charge in [0.05, 0.1) is 18.8 Å². The number of nitrogens with zero attached hydrogens (tertiary/aromatic N) is 3. The van der Waals surface area contributed by atoms with Gasteiger partial charge in [-0.2, -0.15) is 0 Å². The number of aromatic nitrogens is 1. The maximum Gasteiger partial charge on any atom is 0.135 e. The largest absolute Gasteiger partial charge is 0.351 e. The molecule has 0 spiro atoms. The monoisotopic (exact) mass is 249 g/mol. The Bertz CT molecular complexity index is 427. The molecule has 0 N–H and O–H groups in total. The molecule has 1 aromatic rings. The van der Waals surface area contributed by atoms with E-state index in [1.807, 2.05) is 17.9 Å². The highest BCUT2D eigenvalue weighted by Crippen LogP contribution is 2.25. The van der Waals surface area contributed by atoms with E-state index < -0.39 is 6.17 Å². The van der Waals surface area contributed by atoms with Gasteiger partial charge in [-0.25, -0.2) is 9.37 Å². The summed E-state index contributed by atoms with van der Waals surface area (Å²) in [6.07, 6.45) is 1.09. The van der Waals surface area contributed by atoms with Crippen LogP contribution in [0.1, 0.15) is 18.2 Å². The second-order valence-corrected chi connectivity index (χ2v) is 4.86. The Kier molecular flexibility index (Phi) is 3.97. The molecule has 1 aromatic heterocycles. The summed E-state index contributed by atoms with van der Waals surface area (Å²) in [6, 6.07) is 4.12. The second kappa shape index (κ2) is 5.48. The molecule has 4 heteroatoms. The fourth-order valence-electron chi connectivity index (χ4n) is 2.19. The van der Waals surface area contributed by atoms with Crippen LogP contribution in [0.3, 0.4) is 0 Å². The molecule has 2 aliphatic rings. The third kappa shape index (κ3) is 2.70. The van der Waals surface area contributed by atoms with Gasteiger partial charge in [-0.15, -0.1) is 6.58 Å². The summed E-state index contributed by atoms with van der Waals surface area (Å²) in [5.41, 5.74) is 2.45. The van der Waals surface area contributed by atoms with Crippen LogP contribution in [0.25, 0.3) is 0 Å². The number of allylic oxidation sites excluding steroid dienone is 1. The summed E-state index contributed by atoms with van der Waals surface area (Å²) < 4.78 is 12.7. The molecule has 0 unspecified atom stereocenters. The fraction of sp³-hybridized carbons (Fsp3) is 0.500. The lowest BCUT2D eigenvalue weighted by Gasteiger charge is -2.35. The highest BCUT2D eigenvalue weighted by atomic mass is 19.1. The van der Waals surface area contributed by atoms with Crippen LogP contribution in [0.5, 0.6) is 0 Å². The molecule has 0 bridgehead atoms. The zero-order chi connectivity index (χ0) is 13.1. The van der Waals surface area contributed by atoms with Crippen molar-refractivity contribution in [1.82, 2.24) is 9.88 Å². The number of fused-ring (bicyclic) bond motifs is 1. The summed E-state index contributed by atoms with van der Waals surface area (Å²) in [4.78, 5) is 8.80. The zero-order valence-corrected chi connectivity index (χ0v) is 11.1. The van der Waals surface area contributed by atoms with E-state index in [4.69, 9.17) is 0 Å². The molecule has 0 radical (unpaired) electrons. The maximum absolute atomic E-state index is 12.7. The first-order valence-corrected chi connectivity index (χ1v) is 6.27. The molecule has 0 aromatic carbocycles. The lowest BCUT2D eigenvalue weighted by atomic mass is 10.1. The van der Waals surface area contributed by atoms with Crippen molar-refractivity contribution >= 4 is 5.82 Å². The zero-order valence-electron chi connectivity index (χ0n) is 11.1. The van der Waals surface area contributed by atoms with Gasteiger partial charge in [0.2, 0.25) is 0 Å². The number of pyridine rings is 1. The predicted molar refractivity (Wildman–Crippen MR) is 72.4 cm³/mol. The Morgan fingerprint density at radius 3 is 2.67 bits per heavy atom. The van der Waals surface area contributed by atoms with E-state index in [1.54, 1.807) is 6.08 Å². The Morgan fingerprint density at radius 1 is 1.39 bits per heavy atom. The number of hydrogen-bond donors (Lipinski definition) is 0. The van der Waals surface area contributed by atoms with Crippen LogP contribution >= 0.6 is 0 Å². The van der Waals surface area contributed by atoms with Gasteiger partial charge in [0.25, 0.3) is 0 Å². The molecule has 3 rings (SSSR count). The van der Waals surface area contributed by atoms with Crippen LogP contribution in [0.4, 0.5) is 10.2 Å². The Hall–Kier alpha value is -1.42. The molecule has 0 amide bonds. The Labute approximate surface area is 108 Å². The topological polar surface area (TPSA) is 19.4 Å².